The first-order valence-electron chi connectivity index (χ1n) is 16.4. The van der Waals surface area contributed by atoms with Crippen molar-refractivity contribution < 1.29 is 18.7 Å². The Morgan fingerprint density at radius 1 is 0.978 bits per heavy atom. The van der Waals surface area contributed by atoms with E-state index in [4.69, 9.17) is 10.1 Å². The van der Waals surface area contributed by atoms with Gasteiger partial charge in [0.25, 0.3) is 0 Å². The maximum Gasteiger partial charge on any atom is 0.308 e. The van der Waals surface area contributed by atoms with Crippen LogP contribution < -0.4 is 10.2 Å². The molecule has 0 bridgehead atoms. The third kappa shape index (κ3) is 7.13. The topological polar surface area (TPSA) is 95.4 Å². The van der Waals surface area contributed by atoms with Crippen LogP contribution in [0.2, 0.25) is 0 Å². The van der Waals surface area contributed by atoms with Crippen molar-refractivity contribution in [2.45, 2.75) is 76.0 Å². The molecule has 9 heteroatoms. The monoisotopic (exact) mass is 630 g/mol. The largest absolute Gasteiger partial charge is 0.469 e. The van der Waals surface area contributed by atoms with Gasteiger partial charge in [-0.1, -0.05) is 18.2 Å². The first-order chi connectivity index (χ1) is 21.8. The van der Waals surface area contributed by atoms with Gasteiger partial charge in [0.2, 0.25) is 11.9 Å². The van der Waals surface area contributed by atoms with E-state index >= 15 is 0 Å². The number of nitrogens with one attached hydrogen (secondary N) is 2. The first kappa shape index (κ1) is 31.4. The van der Waals surface area contributed by atoms with Crippen LogP contribution in [-0.2, 0) is 14.3 Å². The van der Waals surface area contributed by atoms with Crippen molar-refractivity contribution in [2.75, 3.05) is 30.9 Å². The van der Waals surface area contributed by atoms with Gasteiger partial charge >= 0.3 is 5.97 Å². The Hall–Kier alpha value is -3.59. The molecule has 3 aliphatic rings. The molecule has 0 unspecified atom stereocenters. The molecule has 238 valence electrons. The fourth-order valence-electron chi connectivity index (χ4n) is 7.20. The normalized spacial score (nSPS) is 23.3. The average Bonchev–Trinajstić information content (AvgIpc) is 3.82. The number of nitrogens with zero attached hydrogens (tertiary/aromatic N) is 2. The highest BCUT2D eigenvalue weighted by Crippen LogP contribution is 2.44. The van der Waals surface area contributed by atoms with Crippen molar-refractivity contribution in [1.29, 1.82) is 5.41 Å². The second kappa shape index (κ2) is 13.8. The fraction of sp³-hybridized carbons (Fsp3) is 0.500. The average molecular weight is 631 g/mol. The molecule has 3 fully saturated rings. The Labute approximate surface area is 269 Å². The highest BCUT2D eigenvalue weighted by molar-refractivity contribution is 7.15. The van der Waals surface area contributed by atoms with E-state index in [0.29, 0.717) is 61.2 Å². The number of hydrogen-bond acceptors (Lipinski definition) is 7. The summed E-state index contributed by atoms with van der Waals surface area (Å²) in [5.74, 6) is 0.0748. The lowest BCUT2D eigenvalue weighted by Crippen LogP contribution is -2.42. The minimum atomic E-state index is -0.922. The third-order valence-electron chi connectivity index (χ3n) is 10.1. The molecule has 45 heavy (non-hydrogen) atoms. The molecule has 0 spiro atoms. The number of benzene rings is 2. The van der Waals surface area contributed by atoms with E-state index in [1.54, 1.807) is 18.4 Å². The number of anilines is 2. The minimum absolute atomic E-state index is 0.115. The number of ether oxygens (including phenoxy) is 1. The Balaban J connectivity index is 1.19. The summed E-state index contributed by atoms with van der Waals surface area (Å²) in [7, 11) is 3.17. The zero-order chi connectivity index (χ0) is 31.5. The molecule has 0 atom stereocenters. The predicted octanol–water partition coefficient (Wildman–Crippen LogP) is 8.31. The number of methoxy groups -OCH3 is 1. The van der Waals surface area contributed by atoms with Crippen LogP contribution in [0.25, 0.3) is 10.4 Å². The van der Waals surface area contributed by atoms with Gasteiger partial charge in [-0.2, -0.15) is 4.39 Å². The Morgan fingerprint density at radius 2 is 1.69 bits per heavy atom. The molecule has 3 saturated carbocycles. The highest BCUT2D eigenvalue weighted by Gasteiger charge is 2.35. The van der Waals surface area contributed by atoms with Crippen molar-refractivity contribution in [3.63, 3.8) is 0 Å². The molecule has 1 amide bonds. The van der Waals surface area contributed by atoms with E-state index in [2.05, 4.69) is 22.4 Å². The predicted molar refractivity (Wildman–Crippen MR) is 178 cm³/mol. The lowest BCUT2D eigenvalue weighted by Gasteiger charge is -2.36. The van der Waals surface area contributed by atoms with Gasteiger partial charge in [0, 0.05) is 43.0 Å². The molecule has 2 aromatic carbocycles. The van der Waals surface area contributed by atoms with Crippen LogP contribution in [0.5, 0.6) is 0 Å². The second-order valence-corrected chi connectivity index (χ2v) is 14.1. The number of halogens is 1. The zero-order valence-corrected chi connectivity index (χ0v) is 27.0. The molecular weight excluding hydrogens is 587 g/mol. The standard InChI is InChI=1S/C36H43FN4O3S/c1-39-31-17-16-27(19-30(31)33(37)38)23-8-6-22(7-9-23)21-41(35(42)25-12-14-26(15-13-25)36(43)44-2)29-5-3-4-28(18-29)32-20-40-34(45-32)24-10-11-24/h3-5,16-20,22-26,38-39H,6-15,21H2,1-2H3. The second-order valence-electron chi connectivity index (χ2n) is 13.0. The summed E-state index contributed by atoms with van der Waals surface area (Å²) in [6.45, 7) is 0.654. The summed E-state index contributed by atoms with van der Waals surface area (Å²) in [4.78, 5) is 34.2. The van der Waals surface area contributed by atoms with E-state index in [9.17, 15) is 14.0 Å². The highest BCUT2D eigenvalue weighted by atomic mass is 32.1. The van der Waals surface area contributed by atoms with Gasteiger partial charge in [-0.3, -0.25) is 15.0 Å². The molecule has 0 aliphatic heterocycles. The van der Waals surface area contributed by atoms with Gasteiger partial charge < -0.3 is 15.0 Å². The maximum absolute atomic E-state index is 14.3. The van der Waals surface area contributed by atoms with Gasteiger partial charge in [-0.25, -0.2) is 4.98 Å². The molecule has 1 heterocycles. The number of hydrogen-bond donors (Lipinski definition) is 2. The molecule has 6 rings (SSSR count). The van der Waals surface area contributed by atoms with Gasteiger partial charge in [0.15, 0.2) is 0 Å². The van der Waals surface area contributed by atoms with E-state index in [1.165, 1.54) is 25.0 Å². The maximum atomic E-state index is 14.3. The van der Waals surface area contributed by atoms with Gasteiger partial charge in [0.1, 0.15) is 0 Å². The molecule has 3 aliphatic carbocycles. The summed E-state index contributed by atoms with van der Waals surface area (Å²) in [5, 5.41) is 11.8. The summed E-state index contributed by atoms with van der Waals surface area (Å²) >= 11 is 1.76. The van der Waals surface area contributed by atoms with Crippen molar-refractivity contribution in [3.8, 4) is 10.4 Å². The van der Waals surface area contributed by atoms with Crippen LogP contribution in [0.15, 0.2) is 48.7 Å². The van der Waals surface area contributed by atoms with Gasteiger partial charge in [-0.05, 0) is 111 Å². The summed E-state index contributed by atoms with van der Waals surface area (Å²) < 4.78 is 18.9. The van der Waals surface area contributed by atoms with Crippen molar-refractivity contribution in [3.05, 3.63) is 64.8 Å². The lowest BCUT2D eigenvalue weighted by molar-refractivity contribution is -0.147. The van der Waals surface area contributed by atoms with E-state index in [-0.39, 0.29) is 23.7 Å². The van der Waals surface area contributed by atoms with Crippen molar-refractivity contribution >= 4 is 40.6 Å². The van der Waals surface area contributed by atoms with E-state index in [1.807, 2.05) is 41.4 Å². The van der Waals surface area contributed by atoms with Crippen LogP contribution in [0.3, 0.4) is 0 Å². The van der Waals surface area contributed by atoms with Crippen LogP contribution in [-0.4, -0.2) is 43.5 Å². The number of rotatable bonds is 10. The van der Waals surface area contributed by atoms with Crippen LogP contribution in [0.4, 0.5) is 15.8 Å². The molecule has 7 nitrogen and oxygen atoms in total. The van der Waals surface area contributed by atoms with Gasteiger partial charge in [0.05, 0.1) is 28.5 Å². The molecule has 3 aromatic rings. The van der Waals surface area contributed by atoms with Crippen LogP contribution in [0, 0.1) is 23.2 Å². The van der Waals surface area contributed by atoms with E-state index in [0.717, 1.165) is 47.4 Å². The molecule has 1 aromatic heterocycles. The van der Waals surface area contributed by atoms with Crippen molar-refractivity contribution in [2.24, 2.45) is 17.8 Å². The lowest BCUT2D eigenvalue weighted by atomic mass is 9.77. The molecular formula is C36H43FN4O3S. The van der Waals surface area contributed by atoms with E-state index < -0.39 is 5.97 Å². The van der Waals surface area contributed by atoms with Crippen molar-refractivity contribution in [1.82, 2.24) is 4.98 Å². The SMILES string of the molecule is CNc1ccc(C2CCC(CN(C(=O)C3CCC(C(=O)OC)CC3)c3cccc(-c4cnc(C5CC5)s4)c3)CC2)cc1C(=N)F. The van der Waals surface area contributed by atoms with Gasteiger partial charge in [-0.15, -0.1) is 11.3 Å². The minimum Gasteiger partial charge on any atom is -0.469 e. The number of aromatic nitrogens is 1. The smallest absolute Gasteiger partial charge is 0.308 e. The number of carbonyl (C=O) groups is 2. The Kier molecular flexibility index (Phi) is 9.64. The molecule has 2 N–H and O–H groups in total. The third-order valence-corrected chi connectivity index (χ3v) is 11.3. The summed E-state index contributed by atoms with van der Waals surface area (Å²) in [6, 6.07) is 14.1. The van der Waals surface area contributed by atoms with Crippen LogP contribution in [0.1, 0.15) is 92.2 Å². The summed E-state index contributed by atoms with van der Waals surface area (Å²) in [5.41, 5.74) is 4.01. The number of amides is 1. The first-order valence-corrected chi connectivity index (χ1v) is 17.2. The quantitative estimate of drug-likeness (QED) is 0.174. The number of thiazole rings is 1. The Bertz CT molecular complexity index is 1540. The fourth-order valence-corrected chi connectivity index (χ4v) is 8.29. The Morgan fingerprint density at radius 3 is 2.36 bits per heavy atom. The zero-order valence-electron chi connectivity index (χ0n) is 26.2. The molecule has 0 saturated heterocycles. The summed E-state index contributed by atoms with van der Waals surface area (Å²) in [6.07, 6.45) is 11.0. The number of carbonyl (C=O) groups excluding carboxylic acids is 2. The molecule has 0 radical (unpaired) electrons. The number of esters is 1. The van der Waals surface area contributed by atoms with Crippen LogP contribution >= 0.6 is 11.3 Å².